The van der Waals surface area contributed by atoms with E-state index in [2.05, 4.69) is 78.0 Å². The van der Waals surface area contributed by atoms with Gasteiger partial charge in [0.05, 0.1) is 20.3 Å². The molecule has 0 unspecified atom stereocenters. The quantitative estimate of drug-likeness (QED) is 0.533. The van der Waals surface area contributed by atoms with Crippen molar-refractivity contribution in [3.05, 3.63) is 83.2 Å². The van der Waals surface area contributed by atoms with Crippen molar-refractivity contribution in [2.75, 3.05) is 20.8 Å². The van der Waals surface area contributed by atoms with Crippen molar-refractivity contribution in [2.24, 2.45) is 0 Å². The molecule has 2 heterocycles. The highest BCUT2D eigenvalue weighted by Gasteiger charge is 2.27. The average Bonchev–Trinajstić information content (AvgIpc) is 3.15. The number of ether oxygens (including phenoxy) is 2. The molecule has 4 heteroatoms. The zero-order valence-corrected chi connectivity index (χ0v) is 18.5. The van der Waals surface area contributed by atoms with E-state index in [1.54, 1.807) is 14.2 Å². The van der Waals surface area contributed by atoms with Gasteiger partial charge in [-0.2, -0.15) is 0 Å². The normalized spacial score (nSPS) is 16.9. The number of fused-ring (bicyclic) bond motifs is 1. The topological polar surface area (TPSA) is 26.6 Å². The summed E-state index contributed by atoms with van der Waals surface area (Å²) in [6.45, 7) is 7.43. The van der Waals surface area contributed by atoms with E-state index in [0.29, 0.717) is 5.92 Å². The standard InChI is InChI=1S/C26H32N2O2/c1-19(2)21-8-10-22(11-9-21)26-25-7-5-12-27(25)13-6-14-28(26)18-20-15-23(29-3)17-24(16-20)30-4/h5,7-12,15-17,19,26H,6,13-14,18H2,1-4H3/t26-/m0/s1. The molecule has 30 heavy (non-hydrogen) atoms. The third-order valence-corrected chi connectivity index (χ3v) is 6.07. The molecule has 1 aromatic heterocycles. The van der Waals surface area contributed by atoms with Gasteiger partial charge in [-0.15, -0.1) is 0 Å². The van der Waals surface area contributed by atoms with Crippen molar-refractivity contribution in [2.45, 2.75) is 45.3 Å². The zero-order valence-electron chi connectivity index (χ0n) is 18.5. The highest BCUT2D eigenvalue weighted by Crippen LogP contribution is 2.34. The van der Waals surface area contributed by atoms with E-state index in [1.165, 1.54) is 22.4 Å². The number of aromatic nitrogens is 1. The van der Waals surface area contributed by atoms with E-state index >= 15 is 0 Å². The Morgan fingerprint density at radius 2 is 1.63 bits per heavy atom. The van der Waals surface area contributed by atoms with Crippen molar-refractivity contribution >= 4 is 0 Å². The van der Waals surface area contributed by atoms with Crippen LogP contribution in [0.1, 0.15) is 54.6 Å². The third kappa shape index (κ3) is 4.24. The van der Waals surface area contributed by atoms with Crippen molar-refractivity contribution in [1.29, 1.82) is 0 Å². The van der Waals surface area contributed by atoms with Gasteiger partial charge < -0.3 is 14.0 Å². The van der Waals surface area contributed by atoms with Crippen LogP contribution in [0.15, 0.2) is 60.8 Å². The summed E-state index contributed by atoms with van der Waals surface area (Å²) >= 11 is 0. The maximum atomic E-state index is 5.50. The smallest absolute Gasteiger partial charge is 0.122 e. The SMILES string of the molecule is COc1cc(CN2CCCn3cccc3[C@@H]2c2ccc(C(C)C)cc2)cc(OC)c1. The highest BCUT2D eigenvalue weighted by molar-refractivity contribution is 5.39. The molecule has 0 N–H and O–H groups in total. The molecule has 0 radical (unpaired) electrons. The molecule has 4 nitrogen and oxygen atoms in total. The van der Waals surface area contributed by atoms with Gasteiger partial charge in [-0.3, -0.25) is 4.90 Å². The number of rotatable bonds is 6. The molecule has 0 spiro atoms. The van der Waals surface area contributed by atoms with Crippen LogP contribution in [0.5, 0.6) is 11.5 Å². The van der Waals surface area contributed by atoms with Gasteiger partial charge >= 0.3 is 0 Å². The summed E-state index contributed by atoms with van der Waals surface area (Å²) in [6.07, 6.45) is 3.34. The lowest BCUT2D eigenvalue weighted by molar-refractivity contribution is 0.220. The lowest BCUT2D eigenvalue weighted by atomic mass is 9.96. The van der Waals surface area contributed by atoms with E-state index in [0.717, 1.165) is 37.6 Å². The molecule has 1 aliphatic heterocycles. The van der Waals surface area contributed by atoms with Crippen LogP contribution in [-0.2, 0) is 13.1 Å². The zero-order chi connectivity index (χ0) is 21.1. The molecule has 0 fully saturated rings. The predicted octanol–water partition coefficient (Wildman–Crippen LogP) is 5.62. The summed E-state index contributed by atoms with van der Waals surface area (Å²) in [7, 11) is 3.41. The molecular weight excluding hydrogens is 372 g/mol. The predicted molar refractivity (Wildman–Crippen MR) is 121 cm³/mol. The molecule has 0 saturated heterocycles. The second kappa shape index (κ2) is 8.97. The Balaban J connectivity index is 1.71. The van der Waals surface area contributed by atoms with Crippen LogP contribution in [0.4, 0.5) is 0 Å². The lowest BCUT2D eigenvalue weighted by Gasteiger charge is -2.31. The van der Waals surface area contributed by atoms with Gasteiger partial charge in [0.1, 0.15) is 11.5 Å². The monoisotopic (exact) mass is 404 g/mol. The van der Waals surface area contributed by atoms with Crippen molar-refractivity contribution in [1.82, 2.24) is 9.47 Å². The summed E-state index contributed by atoms with van der Waals surface area (Å²) in [5, 5.41) is 0. The minimum absolute atomic E-state index is 0.223. The molecule has 0 bridgehead atoms. The third-order valence-electron chi connectivity index (χ3n) is 6.07. The summed E-state index contributed by atoms with van der Waals surface area (Å²) in [5.41, 5.74) is 5.29. The van der Waals surface area contributed by atoms with Gasteiger partial charge in [0.2, 0.25) is 0 Å². The Hall–Kier alpha value is -2.72. The van der Waals surface area contributed by atoms with Gasteiger partial charge in [0.25, 0.3) is 0 Å². The summed E-state index contributed by atoms with van der Waals surface area (Å²) in [6, 6.07) is 20.0. The molecule has 0 aliphatic carbocycles. The van der Waals surface area contributed by atoms with Gasteiger partial charge in [-0.1, -0.05) is 38.1 Å². The molecule has 3 aromatic rings. The largest absolute Gasteiger partial charge is 0.497 e. The highest BCUT2D eigenvalue weighted by atomic mass is 16.5. The lowest BCUT2D eigenvalue weighted by Crippen LogP contribution is -2.29. The van der Waals surface area contributed by atoms with Crippen molar-refractivity contribution < 1.29 is 9.47 Å². The van der Waals surface area contributed by atoms with Gasteiger partial charge in [0.15, 0.2) is 0 Å². The van der Waals surface area contributed by atoms with E-state index in [9.17, 15) is 0 Å². The Labute approximate surface area is 180 Å². The molecule has 0 saturated carbocycles. The van der Waals surface area contributed by atoms with Gasteiger partial charge in [-0.25, -0.2) is 0 Å². The number of benzene rings is 2. The van der Waals surface area contributed by atoms with E-state index in [1.807, 2.05) is 6.07 Å². The van der Waals surface area contributed by atoms with Crippen LogP contribution in [-0.4, -0.2) is 30.2 Å². The summed E-state index contributed by atoms with van der Waals surface area (Å²) in [5.74, 6) is 2.21. The van der Waals surface area contributed by atoms with Crippen LogP contribution in [0, 0.1) is 0 Å². The fraction of sp³-hybridized carbons (Fsp3) is 0.385. The van der Waals surface area contributed by atoms with Gasteiger partial charge in [0, 0.05) is 37.6 Å². The van der Waals surface area contributed by atoms with E-state index in [4.69, 9.17) is 9.47 Å². The first-order chi connectivity index (χ1) is 14.6. The first kappa shape index (κ1) is 20.5. The Morgan fingerprint density at radius 3 is 2.27 bits per heavy atom. The van der Waals surface area contributed by atoms with Crippen LogP contribution < -0.4 is 9.47 Å². The number of nitrogens with zero attached hydrogens (tertiary/aromatic N) is 2. The second-order valence-corrected chi connectivity index (χ2v) is 8.40. The Kier molecular flexibility index (Phi) is 6.14. The van der Waals surface area contributed by atoms with E-state index in [-0.39, 0.29) is 6.04 Å². The molecule has 158 valence electrons. The van der Waals surface area contributed by atoms with Crippen LogP contribution in [0.3, 0.4) is 0 Å². The van der Waals surface area contributed by atoms with Crippen LogP contribution in [0.2, 0.25) is 0 Å². The fourth-order valence-corrected chi connectivity index (χ4v) is 4.45. The molecule has 4 rings (SSSR count). The van der Waals surface area contributed by atoms with Crippen LogP contribution >= 0.6 is 0 Å². The molecular formula is C26H32N2O2. The van der Waals surface area contributed by atoms with Crippen LogP contribution in [0.25, 0.3) is 0 Å². The number of hydrogen-bond acceptors (Lipinski definition) is 3. The Bertz CT molecular complexity index is 953. The number of aryl methyl sites for hydroxylation is 1. The number of methoxy groups -OCH3 is 2. The summed E-state index contributed by atoms with van der Waals surface area (Å²) in [4.78, 5) is 2.58. The molecule has 1 atom stereocenters. The molecule has 1 aliphatic rings. The first-order valence-electron chi connectivity index (χ1n) is 10.8. The Morgan fingerprint density at radius 1 is 0.933 bits per heavy atom. The molecule has 0 amide bonds. The van der Waals surface area contributed by atoms with E-state index < -0.39 is 0 Å². The second-order valence-electron chi connectivity index (χ2n) is 8.40. The average molecular weight is 405 g/mol. The maximum Gasteiger partial charge on any atom is 0.122 e. The fourth-order valence-electron chi connectivity index (χ4n) is 4.45. The maximum absolute atomic E-state index is 5.50. The first-order valence-corrected chi connectivity index (χ1v) is 10.8. The summed E-state index contributed by atoms with van der Waals surface area (Å²) < 4.78 is 13.4. The minimum Gasteiger partial charge on any atom is -0.497 e. The minimum atomic E-state index is 0.223. The molecule has 2 aromatic carbocycles. The van der Waals surface area contributed by atoms with Crippen molar-refractivity contribution in [3.8, 4) is 11.5 Å². The van der Waals surface area contributed by atoms with Gasteiger partial charge in [-0.05, 0) is 53.3 Å². The number of hydrogen-bond donors (Lipinski definition) is 0. The van der Waals surface area contributed by atoms with Crippen molar-refractivity contribution in [3.63, 3.8) is 0 Å².